The van der Waals surface area contributed by atoms with Gasteiger partial charge < -0.3 is 16.0 Å². The molecule has 0 radical (unpaired) electrons. The number of rotatable bonds is 6. The molecule has 24 heavy (non-hydrogen) atoms. The number of guanidine groups is 1. The summed E-state index contributed by atoms with van der Waals surface area (Å²) in [5.74, 6) is 1.17. The minimum atomic E-state index is -0.362. The van der Waals surface area contributed by atoms with Gasteiger partial charge in [0.1, 0.15) is 0 Å². The van der Waals surface area contributed by atoms with E-state index in [0.29, 0.717) is 19.0 Å². The lowest BCUT2D eigenvalue weighted by Crippen LogP contribution is -2.47. The van der Waals surface area contributed by atoms with Crippen LogP contribution in [0.4, 0.5) is 0 Å². The highest BCUT2D eigenvalue weighted by Crippen LogP contribution is 2.18. The number of hydrogen-bond donors (Lipinski definition) is 3. The average molecular weight is 332 g/mol. The van der Waals surface area contributed by atoms with Crippen molar-refractivity contribution in [2.75, 3.05) is 20.1 Å². The van der Waals surface area contributed by atoms with Crippen molar-refractivity contribution in [3.05, 3.63) is 35.9 Å². The van der Waals surface area contributed by atoms with Crippen molar-refractivity contribution in [1.82, 2.24) is 16.0 Å². The number of nitrogens with zero attached hydrogens (tertiary/aromatic N) is 1. The van der Waals surface area contributed by atoms with Crippen LogP contribution < -0.4 is 16.0 Å². The van der Waals surface area contributed by atoms with E-state index < -0.39 is 0 Å². The molecule has 5 heteroatoms. The Labute approximate surface area is 146 Å². The number of aliphatic imine (C=N–C) groups is 1. The molecule has 0 saturated heterocycles. The molecule has 0 saturated carbocycles. The van der Waals surface area contributed by atoms with Gasteiger partial charge in [0.15, 0.2) is 5.96 Å². The first-order chi connectivity index (χ1) is 11.3. The van der Waals surface area contributed by atoms with E-state index in [4.69, 9.17) is 0 Å². The van der Waals surface area contributed by atoms with Gasteiger partial charge >= 0.3 is 0 Å². The smallest absolute Gasteiger partial charge is 0.225 e. The second kappa shape index (κ2) is 9.30. The number of benzene rings is 1. The van der Waals surface area contributed by atoms with Gasteiger partial charge in [0.05, 0.1) is 0 Å². The van der Waals surface area contributed by atoms with E-state index in [-0.39, 0.29) is 17.4 Å². The Morgan fingerprint density at radius 3 is 2.21 bits per heavy atom. The molecule has 1 aromatic rings. The van der Waals surface area contributed by atoms with Crippen molar-refractivity contribution in [2.24, 2.45) is 10.4 Å². The van der Waals surface area contributed by atoms with Crippen LogP contribution in [0.15, 0.2) is 35.3 Å². The summed E-state index contributed by atoms with van der Waals surface area (Å²) in [5.41, 5.74) is 0.935. The lowest BCUT2D eigenvalue weighted by molar-refractivity contribution is -0.128. The SMILES string of the molecule is CN=C(NCCNC(=O)C(C)(C)C)NC(C)C(C)c1ccccc1. The van der Waals surface area contributed by atoms with E-state index >= 15 is 0 Å². The summed E-state index contributed by atoms with van der Waals surface area (Å²) in [6.45, 7) is 11.3. The van der Waals surface area contributed by atoms with Crippen molar-refractivity contribution in [1.29, 1.82) is 0 Å². The summed E-state index contributed by atoms with van der Waals surface area (Å²) < 4.78 is 0. The Bertz CT molecular complexity index is 534. The second-order valence-electron chi connectivity index (χ2n) is 7.14. The lowest BCUT2D eigenvalue weighted by atomic mass is 9.94. The van der Waals surface area contributed by atoms with E-state index in [1.54, 1.807) is 7.05 Å². The highest BCUT2D eigenvalue weighted by Gasteiger charge is 2.20. The minimum Gasteiger partial charge on any atom is -0.355 e. The van der Waals surface area contributed by atoms with Crippen LogP contribution in [0.1, 0.15) is 46.1 Å². The highest BCUT2D eigenvalue weighted by atomic mass is 16.2. The largest absolute Gasteiger partial charge is 0.355 e. The summed E-state index contributed by atoms with van der Waals surface area (Å²) in [6, 6.07) is 10.7. The predicted molar refractivity (Wildman–Crippen MR) is 101 cm³/mol. The molecule has 0 aliphatic rings. The third-order valence-corrected chi connectivity index (χ3v) is 4.05. The molecule has 134 valence electrons. The predicted octanol–water partition coefficient (Wildman–Crippen LogP) is 2.51. The van der Waals surface area contributed by atoms with E-state index in [0.717, 1.165) is 5.96 Å². The van der Waals surface area contributed by atoms with E-state index in [1.165, 1.54) is 5.56 Å². The Kier molecular flexibility index (Phi) is 7.75. The summed E-state index contributed by atoms with van der Waals surface area (Å²) in [6.07, 6.45) is 0. The summed E-state index contributed by atoms with van der Waals surface area (Å²) >= 11 is 0. The van der Waals surface area contributed by atoms with Crippen molar-refractivity contribution in [2.45, 2.75) is 46.6 Å². The average Bonchev–Trinajstić information content (AvgIpc) is 2.56. The molecule has 0 aromatic heterocycles. The summed E-state index contributed by atoms with van der Waals surface area (Å²) in [4.78, 5) is 16.1. The molecule has 0 bridgehead atoms. The van der Waals surface area contributed by atoms with Gasteiger partial charge in [-0.1, -0.05) is 58.0 Å². The topological polar surface area (TPSA) is 65.5 Å². The molecule has 1 rings (SSSR count). The molecular formula is C19H32N4O. The van der Waals surface area contributed by atoms with Crippen LogP contribution in [0.2, 0.25) is 0 Å². The number of amides is 1. The third kappa shape index (κ3) is 6.60. The normalized spacial score (nSPS) is 14.7. The van der Waals surface area contributed by atoms with E-state index in [9.17, 15) is 4.79 Å². The molecule has 3 N–H and O–H groups in total. The first-order valence-corrected chi connectivity index (χ1v) is 8.56. The molecule has 0 spiro atoms. The van der Waals surface area contributed by atoms with E-state index in [2.05, 4.69) is 59.1 Å². The van der Waals surface area contributed by atoms with Gasteiger partial charge in [0.25, 0.3) is 0 Å². The Morgan fingerprint density at radius 1 is 1.08 bits per heavy atom. The first kappa shape index (κ1) is 20.0. The zero-order valence-electron chi connectivity index (χ0n) is 15.8. The maximum atomic E-state index is 11.8. The van der Waals surface area contributed by atoms with Crippen LogP contribution in [-0.4, -0.2) is 38.0 Å². The van der Waals surface area contributed by atoms with Crippen LogP contribution >= 0.6 is 0 Å². The van der Waals surface area contributed by atoms with Gasteiger partial charge in [0, 0.05) is 37.5 Å². The van der Waals surface area contributed by atoms with Gasteiger partial charge in [-0.2, -0.15) is 0 Å². The minimum absolute atomic E-state index is 0.0540. The Hall–Kier alpha value is -2.04. The molecule has 2 unspecified atom stereocenters. The number of carbonyl (C=O) groups excluding carboxylic acids is 1. The van der Waals surface area contributed by atoms with Crippen LogP contribution in [0, 0.1) is 5.41 Å². The standard InChI is InChI=1S/C19H32N4O/c1-14(16-10-8-7-9-11-16)15(2)23-18(20-6)22-13-12-21-17(24)19(3,4)5/h7-11,14-15H,12-13H2,1-6H3,(H,21,24)(H2,20,22,23). The molecule has 0 fully saturated rings. The lowest BCUT2D eigenvalue weighted by Gasteiger charge is -2.24. The second-order valence-corrected chi connectivity index (χ2v) is 7.14. The monoisotopic (exact) mass is 332 g/mol. The zero-order chi connectivity index (χ0) is 18.2. The summed E-state index contributed by atoms with van der Waals surface area (Å²) in [5, 5.41) is 9.57. The van der Waals surface area contributed by atoms with Gasteiger partial charge in [-0.3, -0.25) is 9.79 Å². The first-order valence-electron chi connectivity index (χ1n) is 8.56. The van der Waals surface area contributed by atoms with Crippen LogP contribution in [0.3, 0.4) is 0 Å². The quantitative estimate of drug-likeness (QED) is 0.426. The van der Waals surface area contributed by atoms with Gasteiger partial charge in [-0.15, -0.1) is 0 Å². The molecule has 1 aromatic carbocycles. The molecule has 5 nitrogen and oxygen atoms in total. The van der Waals surface area contributed by atoms with Crippen molar-refractivity contribution >= 4 is 11.9 Å². The molecule has 0 aliphatic heterocycles. The van der Waals surface area contributed by atoms with Crippen LogP contribution in [0.25, 0.3) is 0 Å². The molecule has 1 amide bonds. The number of carbonyl (C=O) groups is 1. The molecule has 0 aliphatic carbocycles. The number of nitrogens with one attached hydrogen (secondary N) is 3. The highest BCUT2D eigenvalue weighted by molar-refractivity contribution is 5.82. The third-order valence-electron chi connectivity index (χ3n) is 4.05. The maximum Gasteiger partial charge on any atom is 0.225 e. The fraction of sp³-hybridized carbons (Fsp3) is 0.579. The Morgan fingerprint density at radius 2 is 1.67 bits per heavy atom. The van der Waals surface area contributed by atoms with Crippen molar-refractivity contribution in [3.8, 4) is 0 Å². The van der Waals surface area contributed by atoms with Gasteiger partial charge in [-0.05, 0) is 12.5 Å². The van der Waals surface area contributed by atoms with E-state index in [1.807, 2.05) is 26.8 Å². The maximum absolute atomic E-state index is 11.8. The van der Waals surface area contributed by atoms with Crippen LogP contribution in [-0.2, 0) is 4.79 Å². The number of hydrogen-bond acceptors (Lipinski definition) is 2. The fourth-order valence-electron chi connectivity index (χ4n) is 2.20. The molecular weight excluding hydrogens is 300 g/mol. The zero-order valence-corrected chi connectivity index (χ0v) is 15.8. The van der Waals surface area contributed by atoms with Crippen molar-refractivity contribution < 1.29 is 4.79 Å². The van der Waals surface area contributed by atoms with Gasteiger partial charge in [-0.25, -0.2) is 0 Å². The van der Waals surface area contributed by atoms with Crippen LogP contribution in [0.5, 0.6) is 0 Å². The molecule has 2 atom stereocenters. The van der Waals surface area contributed by atoms with Gasteiger partial charge in [0.2, 0.25) is 5.91 Å². The van der Waals surface area contributed by atoms with Crippen molar-refractivity contribution in [3.63, 3.8) is 0 Å². The molecule has 0 heterocycles. The Balaban J connectivity index is 2.41. The summed E-state index contributed by atoms with van der Waals surface area (Å²) in [7, 11) is 1.75. The fourth-order valence-corrected chi connectivity index (χ4v) is 2.20.